The average molecular weight is 274 g/mol. The summed E-state index contributed by atoms with van der Waals surface area (Å²) in [5, 5.41) is 0.999. The molecule has 2 nitrogen and oxygen atoms in total. The Balaban J connectivity index is 1.93. The van der Waals surface area contributed by atoms with Crippen molar-refractivity contribution in [3.8, 4) is 0 Å². The standard InChI is InChI=1S/C17H23FN2/c1-11-2-4-12(5-3-11)15(9-19)16-10-20-17-7-6-13(18)8-14(16)17/h6-8,10-12,15,20H,2-5,9,19H2,1H3. The van der Waals surface area contributed by atoms with Crippen molar-refractivity contribution < 1.29 is 4.39 Å². The summed E-state index contributed by atoms with van der Waals surface area (Å²) in [6.07, 6.45) is 7.09. The van der Waals surface area contributed by atoms with Gasteiger partial charge in [0, 0.05) is 23.0 Å². The zero-order valence-corrected chi connectivity index (χ0v) is 12.0. The SMILES string of the molecule is CC1CCC(C(CN)c2c[nH]c3ccc(F)cc23)CC1. The molecule has 0 amide bonds. The highest BCUT2D eigenvalue weighted by Crippen LogP contribution is 2.39. The van der Waals surface area contributed by atoms with E-state index in [1.165, 1.54) is 37.3 Å². The summed E-state index contributed by atoms with van der Waals surface area (Å²) >= 11 is 0. The smallest absolute Gasteiger partial charge is 0.123 e. The van der Waals surface area contributed by atoms with Crippen LogP contribution in [0.2, 0.25) is 0 Å². The zero-order chi connectivity index (χ0) is 14.1. The lowest BCUT2D eigenvalue weighted by molar-refractivity contribution is 0.256. The molecule has 20 heavy (non-hydrogen) atoms. The Labute approximate surface area is 119 Å². The lowest BCUT2D eigenvalue weighted by atomic mass is 9.74. The van der Waals surface area contributed by atoms with Gasteiger partial charge in [-0.15, -0.1) is 0 Å². The first-order valence-corrected chi connectivity index (χ1v) is 7.65. The van der Waals surface area contributed by atoms with Crippen molar-refractivity contribution in [3.05, 3.63) is 35.8 Å². The first kappa shape index (κ1) is 13.6. The molecule has 3 rings (SSSR count). The molecule has 1 aromatic heterocycles. The number of fused-ring (bicyclic) bond motifs is 1. The van der Waals surface area contributed by atoms with Gasteiger partial charge in [-0.1, -0.05) is 19.8 Å². The van der Waals surface area contributed by atoms with Crippen molar-refractivity contribution in [3.63, 3.8) is 0 Å². The lowest BCUT2D eigenvalue weighted by Gasteiger charge is -2.32. The van der Waals surface area contributed by atoms with E-state index in [-0.39, 0.29) is 5.82 Å². The maximum Gasteiger partial charge on any atom is 0.123 e. The zero-order valence-electron chi connectivity index (χ0n) is 12.0. The Morgan fingerprint density at radius 2 is 2.05 bits per heavy atom. The number of aromatic nitrogens is 1. The predicted octanol–water partition coefficient (Wildman–Crippen LogP) is 4.18. The second-order valence-corrected chi connectivity index (χ2v) is 6.30. The van der Waals surface area contributed by atoms with Gasteiger partial charge in [0.15, 0.2) is 0 Å². The normalized spacial score (nSPS) is 24.9. The summed E-state index contributed by atoms with van der Waals surface area (Å²) in [4.78, 5) is 3.26. The van der Waals surface area contributed by atoms with Crippen molar-refractivity contribution in [1.29, 1.82) is 0 Å². The van der Waals surface area contributed by atoms with Crippen LogP contribution in [-0.4, -0.2) is 11.5 Å². The number of rotatable bonds is 3. The van der Waals surface area contributed by atoms with Crippen LogP contribution in [-0.2, 0) is 0 Å². The monoisotopic (exact) mass is 274 g/mol. The molecule has 108 valence electrons. The van der Waals surface area contributed by atoms with Gasteiger partial charge in [0.05, 0.1) is 0 Å². The Bertz CT molecular complexity index is 582. The average Bonchev–Trinajstić information content (AvgIpc) is 2.85. The Hall–Kier alpha value is -1.35. The van der Waals surface area contributed by atoms with Crippen molar-refractivity contribution in [2.75, 3.05) is 6.54 Å². The molecule has 1 fully saturated rings. The molecule has 1 aliphatic carbocycles. The molecule has 0 spiro atoms. The van der Waals surface area contributed by atoms with Gasteiger partial charge in [-0.05, 0) is 55.0 Å². The largest absolute Gasteiger partial charge is 0.361 e. The predicted molar refractivity (Wildman–Crippen MR) is 81.2 cm³/mol. The van der Waals surface area contributed by atoms with Crippen molar-refractivity contribution in [1.82, 2.24) is 4.98 Å². The third kappa shape index (κ3) is 2.47. The third-order valence-corrected chi connectivity index (χ3v) is 4.96. The number of hydrogen-bond acceptors (Lipinski definition) is 1. The molecular formula is C17H23FN2. The molecule has 1 unspecified atom stereocenters. The Kier molecular flexibility index (Phi) is 3.79. The second-order valence-electron chi connectivity index (χ2n) is 6.30. The van der Waals surface area contributed by atoms with Crippen LogP contribution in [0, 0.1) is 17.7 Å². The maximum absolute atomic E-state index is 13.5. The number of nitrogens with two attached hydrogens (primary N) is 1. The van der Waals surface area contributed by atoms with E-state index < -0.39 is 0 Å². The van der Waals surface area contributed by atoms with E-state index in [0.717, 1.165) is 16.8 Å². The van der Waals surface area contributed by atoms with Crippen LogP contribution in [0.25, 0.3) is 10.9 Å². The van der Waals surface area contributed by atoms with Gasteiger partial charge in [0.2, 0.25) is 0 Å². The molecule has 1 saturated carbocycles. The molecule has 1 heterocycles. The number of benzene rings is 1. The highest BCUT2D eigenvalue weighted by Gasteiger charge is 2.28. The number of nitrogens with one attached hydrogen (secondary N) is 1. The van der Waals surface area contributed by atoms with E-state index in [1.54, 1.807) is 6.07 Å². The van der Waals surface area contributed by atoms with Gasteiger partial charge in [-0.3, -0.25) is 0 Å². The van der Waals surface area contributed by atoms with Gasteiger partial charge < -0.3 is 10.7 Å². The number of H-pyrrole nitrogens is 1. The molecule has 2 aromatic rings. The summed E-state index contributed by atoms with van der Waals surface area (Å²) in [5.41, 5.74) is 8.25. The first-order valence-electron chi connectivity index (χ1n) is 7.65. The molecule has 3 N–H and O–H groups in total. The molecule has 3 heteroatoms. The summed E-state index contributed by atoms with van der Waals surface area (Å²) in [5.74, 6) is 1.65. The van der Waals surface area contributed by atoms with Crippen molar-refractivity contribution in [2.45, 2.75) is 38.5 Å². The van der Waals surface area contributed by atoms with Gasteiger partial charge >= 0.3 is 0 Å². The maximum atomic E-state index is 13.5. The minimum absolute atomic E-state index is 0.175. The van der Waals surface area contributed by atoms with Crippen LogP contribution < -0.4 is 5.73 Å². The van der Waals surface area contributed by atoms with E-state index in [4.69, 9.17) is 5.73 Å². The molecule has 0 aliphatic heterocycles. The number of hydrogen-bond donors (Lipinski definition) is 2. The third-order valence-electron chi connectivity index (χ3n) is 4.96. The summed E-state index contributed by atoms with van der Waals surface area (Å²) < 4.78 is 13.5. The van der Waals surface area contributed by atoms with Gasteiger partial charge in [-0.25, -0.2) is 4.39 Å². The quantitative estimate of drug-likeness (QED) is 0.866. The van der Waals surface area contributed by atoms with Crippen molar-refractivity contribution in [2.24, 2.45) is 17.6 Å². The number of halogens is 1. The molecular weight excluding hydrogens is 251 g/mol. The van der Waals surface area contributed by atoms with E-state index >= 15 is 0 Å². The minimum Gasteiger partial charge on any atom is -0.361 e. The molecule has 1 atom stereocenters. The Morgan fingerprint density at radius 1 is 1.30 bits per heavy atom. The molecule has 1 aromatic carbocycles. The van der Waals surface area contributed by atoms with Crippen LogP contribution in [0.4, 0.5) is 4.39 Å². The van der Waals surface area contributed by atoms with Gasteiger partial charge in [0.25, 0.3) is 0 Å². The first-order chi connectivity index (χ1) is 9.69. The molecule has 1 aliphatic rings. The Morgan fingerprint density at radius 3 is 2.75 bits per heavy atom. The number of aromatic amines is 1. The van der Waals surface area contributed by atoms with Crippen LogP contribution in [0.3, 0.4) is 0 Å². The molecule has 0 saturated heterocycles. The summed E-state index contributed by atoms with van der Waals surface area (Å²) in [6, 6.07) is 4.95. The summed E-state index contributed by atoms with van der Waals surface area (Å²) in [6.45, 7) is 2.97. The summed E-state index contributed by atoms with van der Waals surface area (Å²) in [7, 11) is 0. The fraction of sp³-hybridized carbons (Fsp3) is 0.529. The van der Waals surface area contributed by atoms with Crippen LogP contribution >= 0.6 is 0 Å². The molecule has 0 bridgehead atoms. The molecule has 0 radical (unpaired) electrons. The lowest BCUT2D eigenvalue weighted by Crippen LogP contribution is -2.25. The topological polar surface area (TPSA) is 41.8 Å². The minimum atomic E-state index is -0.175. The van der Waals surface area contributed by atoms with Crippen LogP contribution in [0.15, 0.2) is 24.4 Å². The van der Waals surface area contributed by atoms with E-state index in [1.807, 2.05) is 12.3 Å². The fourth-order valence-corrected chi connectivity index (χ4v) is 3.68. The van der Waals surface area contributed by atoms with E-state index in [2.05, 4.69) is 11.9 Å². The highest BCUT2D eigenvalue weighted by molar-refractivity contribution is 5.83. The van der Waals surface area contributed by atoms with Crippen LogP contribution in [0.1, 0.15) is 44.1 Å². The van der Waals surface area contributed by atoms with E-state index in [9.17, 15) is 4.39 Å². The fourth-order valence-electron chi connectivity index (χ4n) is 3.68. The van der Waals surface area contributed by atoms with Gasteiger partial charge in [-0.2, -0.15) is 0 Å². The van der Waals surface area contributed by atoms with Crippen LogP contribution in [0.5, 0.6) is 0 Å². The highest BCUT2D eigenvalue weighted by atomic mass is 19.1. The van der Waals surface area contributed by atoms with E-state index in [0.29, 0.717) is 18.4 Å². The second kappa shape index (κ2) is 5.57. The van der Waals surface area contributed by atoms with Crippen molar-refractivity contribution >= 4 is 10.9 Å². The van der Waals surface area contributed by atoms with Gasteiger partial charge in [0.1, 0.15) is 5.82 Å².